The molecule has 0 spiro atoms. The van der Waals surface area contributed by atoms with Gasteiger partial charge in [0.2, 0.25) is 0 Å². The van der Waals surface area contributed by atoms with Crippen molar-refractivity contribution in [3.05, 3.63) is 60.5 Å². The molecule has 0 N–H and O–H groups in total. The maximum Gasteiger partial charge on any atom is 0.0521 e. The van der Waals surface area contributed by atoms with Crippen LogP contribution < -0.4 is 4.90 Å². The van der Waals surface area contributed by atoms with Gasteiger partial charge in [0.15, 0.2) is 0 Å². The SMILES string of the molecule is C=Cc1cc(C)ccc1N(C=C)C=C(C)C. The number of benzene rings is 1. The van der Waals surface area contributed by atoms with E-state index in [0.29, 0.717) is 0 Å². The van der Waals surface area contributed by atoms with Crippen LogP contribution in [-0.4, -0.2) is 0 Å². The molecule has 16 heavy (non-hydrogen) atoms. The Bertz CT molecular complexity index is 423. The first-order valence-corrected chi connectivity index (χ1v) is 5.37. The highest BCUT2D eigenvalue weighted by atomic mass is 15.1. The molecule has 1 heteroatoms. The zero-order chi connectivity index (χ0) is 12.1. The summed E-state index contributed by atoms with van der Waals surface area (Å²) in [4.78, 5) is 2.02. The van der Waals surface area contributed by atoms with E-state index in [4.69, 9.17) is 0 Å². The van der Waals surface area contributed by atoms with E-state index in [9.17, 15) is 0 Å². The van der Waals surface area contributed by atoms with E-state index in [1.165, 1.54) is 11.1 Å². The van der Waals surface area contributed by atoms with E-state index < -0.39 is 0 Å². The van der Waals surface area contributed by atoms with Crippen molar-refractivity contribution in [3.63, 3.8) is 0 Å². The molecule has 0 aromatic heterocycles. The fourth-order valence-electron chi connectivity index (χ4n) is 1.57. The van der Waals surface area contributed by atoms with Crippen molar-refractivity contribution in [2.45, 2.75) is 20.8 Å². The Balaban J connectivity index is 3.24. The van der Waals surface area contributed by atoms with E-state index in [0.717, 1.165) is 11.3 Å². The minimum Gasteiger partial charge on any atom is -0.324 e. The van der Waals surface area contributed by atoms with Crippen molar-refractivity contribution in [2.75, 3.05) is 4.90 Å². The van der Waals surface area contributed by atoms with Crippen molar-refractivity contribution in [2.24, 2.45) is 0 Å². The first-order valence-electron chi connectivity index (χ1n) is 5.37. The molecule has 0 heterocycles. The second-order valence-corrected chi connectivity index (χ2v) is 4.06. The Morgan fingerprint density at radius 1 is 1.25 bits per heavy atom. The second kappa shape index (κ2) is 5.36. The molecule has 1 nitrogen and oxygen atoms in total. The number of rotatable bonds is 4. The summed E-state index contributed by atoms with van der Waals surface area (Å²) >= 11 is 0. The molecule has 1 rings (SSSR count). The van der Waals surface area contributed by atoms with Gasteiger partial charge in [0.1, 0.15) is 0 Å². The van der Waals surface area contributed by atoms with Gasteiger partial charge in [-0.1, -0.05) is 36.4 Å². The van der Waals surface area contributed by atoms with E-state index in [1.807, 2.05) is 17.2 Å². The molecule has 0 amide bonds. The van der Waals surface area contributed by atoms with E-state index in [1.54, 1.807) is 0 Å². The Hall–Kier alpha value is -1.76. The van der Waals surface area contributed by atoms with E-state index in [2.05, 4.69) is 58.3 Å². The van der Waals surface area contributed by atoms with Gasteiger partial charge in [0, 0.05) is 12.4 Å². The van der Waals surface area contributed by atoms with Crippen LogP contribution in [0.15, 0.2) is 49.3 Å². The molecule has 0 atom stereocenters. The molecule has 0 aliphatic rings. The van der Waals surface area contributed by atoms with E-state index >= 15 is 0 Å². The number of nitrogens with zero attached hydrogens (tertiary/aromatic N) is 1. The van der Waals surface area contributed by atoms with Crippen LogP contribution in [0.25, 0.3) is 6.08 Å². The largest absolute Gasteiger partial charge is 0.324 e. The molecule has 0 saturated carbocycles. The summed E-state index contributed by atoms with van der Waals surface area (Å²) < 4.78 is 0. The minimum atomic E-state index is 1.11. The number of anilines is 1. The van der Waals surface area contributed by atoms with Gasteiger partial charge in [-0.05, 0) is 38.5 Å². The van der Waals surface area contributed by atoms with Crippen LogP contribution in [0.3, 0.4) is 0 Å². The van der Waals surface area contributed by atoms with Gasteiger partial charge in [-0.25, -0.2) is 0 Å². The summed E-state index contributed by atoms with van der Waals surface area (Å²) in [7, 11) is 0. The van der Waals surface area contributed by atoms with Gasteiger partial charge in [-0.2, -0.15) is 0 Å². The summed E-state index contributed by atoms with van der Waals surface area (Å²) in [5.41, 5.74) is 4.70. The number of allylic oxidation sites excluding steroid dienone is 1. The fourth-order valence-corrected chi connectivity index (χ4v) is 1.57. The Morgan fingerprint density at radius 2 is 1.94 bits per heavy atom. The third kappa shape index (κ3) is 2.86. The molecule has 0 radical (unpaired) electrons. The number of hydrogen-bond acceptors (Lipinski definition) is 1. The highest BCUT2D eigenvalue weighted by Crippen LogP contribution is 2.24. The van der Waals surface area contributed by atoms with Crippen molar-refractivity contribution in [1.82, 2.24) is 0 Å². The van der Waals surface area contributed by atoms with Crippen LogP contribution in [0.1, 0.15) is 25.0 Å². The molecule has 84 valence electrons. The molecule has 0 bridgehead atoms. The van der Waals surface area contributed by atoms with Crippen LogP contribution >= 0.6 is 0 Å². The van der Waals surface area contributed by atoms with Crippen molar-refractivity contribution in [1.29, 1.82) is 0 Å². The van der Waals surface area contributed by atoms with Crippen LogP contribution in [0, 0.1) is 6.92 Å². The summed E-state index contributed by atoms with van der Waals surface area (Å²) in [5.74, 6) is 0. The predicted octanol–water partition coefficient (Wildman–Crippen LogP) is 4.51. The van der Waals surface area contributed by atoms with Gasteiger partial charge >= 0.3 is 0 Å². The van der Waals surface area contributed by atoms with Gasteiger partial charge in [-0.15, -0.1) is 0 Å². The third-order valence-corrected chi connectivity index (χ3v) is 2.28. The molecular formula is C15H19N. The lowest BCUT2D eigenvalue weighted by atomic mass is 10.1. The first kappa shape index (κ1) is 12.3. The second-order valence-electron chi connectivity index (χ2n) is 4.06. The van der Waals surface area contributed by atoms with E-state index in [-0.39, 0.29) is 0 Å². The van der Waals surface area contributed by atoms with Crippen molar-refractivity contribution < 1.29 is 0 Å². The lowest BCUT2D eigenvalue weighted by molar-refractivity contribution is 1.22. The molecule has 0 aliphatic carbocycles. The topological polar surface area (TPSA) is 3.24 Å². The van der Waals surface area contributed by atoms with Crippen LogP contribution in [0.4, 0.5) is 5.69 Å². The highest BCUT2D eigenvalue weighted by Gasteiger charge is 2.04. The lowest BCUT2D eigenvalue weighted by Crippen LogP contribution is -2.08. The summed E-state index contributed by atoms with van der Waals surface area (Å²) in [6, 6.07) is 6.31. The molecule has 0 aliphatic heterocycles. The molecular weight excluding hydrogens is 194 g/mol. The molecule has 0 saturated heterocycles. The van der Waals surface area contributed by atoms with Crippen molar-refractivity contribution in [3.8, 4) is 0 Å². The monoisotopic (exact) mass is 213 g/mol. The van der Waals surface area contributed by atoms with Gasteiger partial charge in [-0.3, -0.25) is 0 Å². The predicted molar refractivity (Wildman–Crippen MR) is 73.4 cm³/mol. The minimum absolute atomic E-state index is 1.11. The zero-order valence-corrected chi connectivity index (χ0v) is 10.3. The summed E-state index contributed by atoms with van der Waals surface area (Å²) in [5, 5.41) is 0. The van der Waals surface area contributed by atoms with Gasteiger partial charge < -0.3 is 4.90 Å². The maximum absolute atomic E-state index is 3.85. The van der Waals surface area contributed by atoms with Crippen LogP contribution in [0.5, 0.6) is 0 Å². The Kier molecular flexibility index (Phi) is 4.12. The first-order chi connectivity index (χ1) is 7.58. The maximum atomic E-state index is 3.85. The van der Waals surface area contributed by atoms with Gasteiger partial charge in [0.25, 0.3) is 0 Å². The summed E-state index contributed by atoms with van der Waals surface area (Å²) in [6.07, 6.45) is 5.74. The Labute approximate surface area is 98.4 Å². The van der Waals surface area contributed by atoms with Crippen LogP contribution in [-0.2, 0) is 0 Å². The number of hydrogen-bond donors (Lipinski definition) is 0. The molecule has 1 aromatic carbocycles. The fraction of sp³-hybridized carbons (Fsp3) is 0.200. The van der Waals surface area contributed by atoms with Crippen molar-refractivity contribution >= 4 is 11.8 Å². The normalized spacial score (nSPS) is 9.44. The zero-order valence-electron chi connectivity index (χ0n) is 10.3. The smallest absolute Gasteiger partial charge is 0.0521 e. The quantitative estimate of drug-likeness (QED) is 0.711. The molecule has 1 aromatic rings. The number of aryl methyl sites for hydroxylation is 1. The average molecular weight is 213 g/mol. The molecule has 0 unspecified atom stereocenters. The third-order valence-electron chi connectivity index (χ3n) is 2.28. The van der Waals surface area contributed by atoms with Crippen LogP contribution in [0.2, 0.25) is 0 Å². The highest BCUT2D eigenvalue weighted by molar-refractivity contribution is 5.70. The standard InChI is InChI=1S/C15H19N/c1-6-14-10-13(5)8-9-15(14)16(7-2)11-12(3)4/h6-11H,1-2H2,3-5H3. The average Bonchev–Trinajstić information content (AvgIpc) is 2.25. The van der Waals surface area contributed by atoms with Gasteiger partial charge in [0.05, 0.1) is 5.69 Å². The molecule has 0 fully saturated rings. The Morgan fingerprint density at radius 3 is 2.44 bits per heavy atom. The summed E-state index contributed by atoms with van der Waals surface area (Å²) in [6.45, 7) is 13.9. The lowest BCUT2D eigenvalue weighted by Gasteiger charge is -2.19.